The SMILES string of the molecule is Nc1cccc(C(=O)O)c1C(=O)C(CS)Cc1ccccc1. The zero-order chi connectivity index (χ0) is 16.1. The Balaban J connectivity index is 2.35. The van der Waals surface area contributed by atoms with Crippen molar-refractivity contribution in [3.63, 3.8) is 0 Å². The number of aromatic carboxylic acids is 1. The summed E-state index contributed by atoms with van der Waals surface area (Å²) in [6, 6.07) is 14.0. The summed E-state index contributed by atoms with van der Waals surface area (Å²) in [5.41, 5.74) is 7.03. The first-order valence-electron chi connectivity index (χ1n) is 6.85. The van der Waals surface area contributed by atoms with Gasteiger partial charge in [-0.05, 0) is 24.1 Å². The largest absolute Gasteiger partial charge is 0.478 e. The van der Waals surface area contributed by atoms with Gasteiger partial charge >= 0.3 is 5.97 Å². The van der Waals surface area contributed by atoms with Crippen LogP contribution in [0.25, 0.3) is 0 Å². The van der Waals surface area contributed by atoms with Gasteiger partial charge < -0.3 is 10.8 Å². The fourth-order valence-corrected chi connectivity index (χ4v) is 2.66. The van der Waals surface area contributed by atoms with Crippen molar-refractivity contribution in [1.82, 2.24) is 0 Å². The zero-order valence-corrected chi connectivity index (χ0v) is 12.8. The number of Topliss-reactive ketones (excluding diaryl/α,β-unsaturated/α-hetero) is 1. The van der Waals surface area contributed by atoms with Crippen LogP contribution in [0.2, 0.25) is 0 Å². The number of hydrogen-bond donors (Lipinski definition) is 3. The third-order valence-electron chi connectivity index (χ3n) is 3.49. The zero-order valence-electron chi connectivity index (χ0n) is 11.9. The summed E-state index contributed by atoms with van der Waals surface area (Å²) < 4.78 is 0. The van der Waals surface area contributed by atoms with Gasteiger partial charge in [-0.1, -0.05) is 36.4 Å². The Hall–Kier alpha value is -2.27. The molecule has 0 saturated carbocycles. The van der Waals surface area contributed by atoms with Crippen LogP contribution in [0.3, 0.4) is 0 Å². The van der Waals surface area contributed by atoms with Gasteiger partial charge in [0, 0.05) is 17.4 Å². The number of ketones is 1. The number of anilines is 1. The molecule has 0 heterocycles. The number of carboxylic acids is 1. The molecule has 3 N–H and O–H groups in total. The molecule has 4 nitrogen and oxygen atoms in total. The van der Waals surface area contributed by atoms with Gasteiger partial charge in [0.25, 0.3) is 0 Å². The molecular weight excluding hydrogens is 298 g/mol. The highest BCUT2D eigenvalue weighted by molar-refractivity contribution is 7.80. The predicted octanol–water partition coefficient (Wildman–Crippen LogP) is 2.94. The fourth-order valence-electron chi connectivity index (χ4n) is 2.37. The minimum absolute atomic E-state index is 0.0650. The highest BCUT2D eigenvalue weighted by Crippen LogP contribution is 2.24. The molecule has 0 aliphatic carbocycles. The number of carbonyl (C=O) groups is 2. The topological polar surface area (TPSA) is 80.4 Å². The number of nitrogen functional groups attached to an aromatic ring is 1. The summed E-state index contributed by atoms with van der Waals surface area (Å²) in [5.74, 6) is -1.54. The van der Waals surface area contributed by atoms with Gasteiger partial charge in [-0.3, -0.25) is 4.79 Å². The van der Waals surface area contributed by atoms with Crippen LogP contribution in [0.5, 0.6) is 0 Å². The third-order valence-corrected chi connectivity index (χ3v) is 3.93. The minimum atomic E-state index is -1.16. The van der Waals surface area contributed by atoms with E-state index in [1.54, 1.807) is 0 Å². The Bertz CT molecular complexity index is 686. The van der Waals surface area contributed by atoms with E-state index in [9.17, 15) is 14.7 Å². The number of thiol groups is 1. The summed E-state index contributed by atoms with van der Waals surface area (Å²) >= 11 is 4.25. The summed E-state index contributed by atoms with van der Waals surface area (Å²) in [6.45, 7) is 0. The number of benzene rings is 2. The number of hydrogen-bond acceptors (Lipinski definition) is 4. The lowest BCUT2D eigenvalue weighted by atomic mass is 9.89. The smallest absolute Gasteiger partial charge is 0.336 e. The lowest BCUT2D eigenvalue weighted by molar-refractivity contribution is 0.0690. The normalized spacial score (nSPS) is 11.9. The molecule has 0 fully saturated rings. The van der Waals surface area contributed by atoms with Crippen molar-refractivity contribution in [3.8, 4) is 0 Å². The second-order valence-corrected chi connectivity index (χ2v) is 5.37. The van der Waals surface area contributed by atoms with E-state index in [-0.39, 0.29) is 22.6 Å². The first kappa shape index (κ1) is 16.1. The Labute approximate surface area is 134 Å². The second-order valence-electron chi connectivity index (χ2n) is 5.01. The highest BCUT2D eigenvalue weighted by Gasteiger charge is 2.25. The average Bonchev–Trinajstić information content (AvgIpc) is 2.52. The maximum absolute atomic E-state index is 12.7. The molecule has 0 amide bonds. The standard InChI is InChI=1S/C17H17NO3S/c18-14-8-4-7-13(17(20)21)15(14)16(19)12(10-22)9-11-5-2-1-3-6-11/h1-8,12,22H,9-10,18H2,(H,20,21). The molecule has 0 saturated heterocycles. The van der Waals surface area contributed by atoms with Crippen LogP contribution < -0.4 is 5.73 Å². The molecule has 0 spiro atoms. The Morgan fingerprint density at radius 3 is 2.36 bits per heavy atom. The summed E-state index contributed by atoms with van der Waals surface area (Å²) in [4.78, 5) is 24.1. The molecular formula is C17H17NO3S. The van der Waals surface area contributed by atoms with Gasteiger partial charge in [-0.2, -0.15) is 12.6 Å². The van der Waals surface area contributed by atoms with E-state index in [1.807, 2.05) is 30.3 Å². The molecule has 22 heavy (non-hydrogen) atoms. The van der Waals surface area contributed by atoms with Crippen molar-refractivity contribution >= 4 is 30.1 Å². The number of nitrogens with two attached hydrogens (primary N) is 1. The van der Waals surface area contributed by atoms with Crippen molar-refractivity contribution in [2.45, 2.75) is 6.42 Å². The molecule has 1 atom stereocenters. The molecule has 2 rings (SSSR count). The van der Waals surface area contributed by atoms with Crippen molar-refractivity contribution in [2.24, 2.45) is 5.92 Å². The average molecular weight is 315 g/mol. The third kappa shape index (κ3) is 3.49. The van der Waals surface area contributed by atoms with E-state index in [0.717, 1.165) is 5.56 Å². The van der Waals surface area contributed by atoms with E-state index in [0.29, 0.717) is 12.2 Å². The lowest BCUT2D eigenvalue weighted by Gasteiger charge is -2.16. The van der Waals surface area contributed by atoms with Crippen LogP contribution >= 0.6 is 12.6 Å². The lowest BCUT2D eigenvalue weighted by Crippen LogP contribution is -2.23. The van der Waals surface area contributed by atoms with Crippen molar-refractivity contribution in [2.75, 3.05) is 11.5 Å². The van der Waals surface area contributed by atoms with Gasteiger partial charge in [0.15, 0.2) is 5.78 Å². The fraction of sp³-hybridized carbons (Fsp3) is 0.176. The molecule has 2 aromatic rings. The maximum Gasteiger partial charge on any atom is 0.336 e. The van der Waals surface area contributed by atoms with Crippen LogP contribution in [0.15, 0.2) is 48.5 Å². The van der Waals surface area contributed by atoms with E-state index < -0.39 is 11.9 Å². The molecule has 0 aromatic heterocycles. The van der Waals surface area contributed by atoms with Crippen LogP contribution in [-0.2, 0) is 6.42 Å². The van der Waals surface area contributed by atoms with Gasteiger partial charge in [-0.25, -0.2) is 4.79 Å². The monoisotopic (exact) mass is 315 g/mol. The molecule has 0 aliphatic heterocycles. The number of rotatable bonds is 6. The van der Waals surface area contributed by atoms with Crippen LogP contribution in [0.4, 0.5) is 5.69 Å². The van der Waals surface area contributed by atoms with E-state index >= 15 is 0 Å². The molecule has 0 aliphatic rings. The molecule has 1 unspecified atom stereocenters. The second kappa shape index (κ2) is 7.13. The minimum Gasteiger partial charge on any atom is -0.478 e. The van der Waals surface area contributed by atoms with Crippen LogP contribution in [0.1, 0.15) is 26.3 Å². The molecule has 0 radical (unpaired) electrons. The predicted molar refractivity (Wildman–Crippen MR) is 89.6 cm³/mol. The molecule has 0 bridgehead atoms. The summed E-state index contributed by atoms with van der Waals surface area (Å²) in [7, 11) is 0. The van der Waals surface area contributed by atoms with Crippen LogP contribution in [-0.4, -0.2) is 22.6 Å². The van der Waals surface area contributed by atoms with E-state index in [1.165, 1.54) is 18.2 Å². The summed E-state index contributed by atoms with van der Waals surface area (Å²) in [6.07, 6.45) is 0.497. The molecule has 5 heteroatoms. The van der Waals surface area contributed by atoms with Crippen molar-refractivity contribution in [1.29, 1.82) is 0 Å². The maximum atomic E-state index is 12.7. The van der Waals surface area contributed by atoms with E-state index in [2.05, 4.69) is 12.6 Å². The Morgan fingerprint density at radius 1 is 1.09 bits per heavy atom. The van der Waals surface area contributed by atoms with Gasteiger partial charge in [0.05, 0.1) is 11.1 Å². The Kier molecular flexibility index (Phi) is 5.22. The molecule has 2 aromatic carbocycles. The molecule has 114 valence electrons. The van der Waals surface area contributed by atoms with Crippen molar-refractivity contribution in [3.05, 3.63) is 65.2 Å². The number of carbonyl (C=O) groups excluding carboxylic acids is 1. The first-order valence-corrected chi connectivity index (χ1v) is 7.48. The highest BCUT2D eigenvalue weighted by atomic mass is 32.1. The van der Waals surface area contributed by atoms with E-state index in [4.69, 9.17) is 5.73 Å². The summed E-state index contributed by atoms with van der Waals surface area (Å²) in [5, 5.41) is 9.26. The quantitative estimate of drug-likeness (QED) is 0.435. The van der Waals surface area contributed by atoms with Gasteiger partial charge in [0.2, 0.25) is 0 Å². The van der Waals surface area contributed by atoms with Gasteiger partial charge in [0.1, 0.15) is 0 Å². The van der Waals surface area contributed by atoms with Crippen LogP contribution in [0, 0.1) is 5.92 Å². The number of carboxylic acid groups (broad SMARTS) is 1. The van der Waals surface area contributed by atoms with Gasteiger partial charge in [-0.15, -0.1) is 0 Å². The van der Waals surface area contributed by atoms with Crippen molar-refractivity contribution < 1.29 is 14.7 Å². The Morgan fingerprint density at radius 2 is 1.77 bits per heavy atom. The first-order chi connectivity index (χ1) is 10.5.